The molecule has 2 aromatic heterocycles. The first-order valence-electron chi connectivity index (χ1n) is 12.4. The highest BCUT2D eigenvalue weighted by atomic mass is 16.5. The molecule has 34 heavy (non-hydrogen) atoms. The minimum Gasteiger partial charge on any atom is -0.491 e. The molecule has 1 aliphatic rings. The Morgan fingerprint density at radius 1 is 1.06 bits per heavy atom. The number of nitrogens with one attached hydrogen (secondary N) is 2. The summed E-state index contributed by atoms with van der Waals surface area (Å²) >= 11 is 0. The fraction of sp³-hybridized carbons (Fsp3) is 0.429. The van der Waals surface area contributed by atoms with Gasteiger partial charge in [0.2, 0.25) is 0 Å². The molecule has 0 fully saturated rings. The van der Waals surface area contributed by atoms with Gasteiger partial charge in [0, 0.05) is 17.1 Å². The molecule has 0 spiro atoms. The van der Waals surface area contributed by atoms with Crippen LogP contribution in [-0.4, -0.2) is 33.4 Å². The first kappa shape index (κ1) is 25.3. The molecule has 0 bridgehead atoms. The number of aromatic nitrogens is 2. The number of allylic oxidation sites excluding steroid dienone is 1. The molecule has 6 nitrogen and oxygen atoms in total. The molecule has 3 heterocycles. The van der Waals surface area contributed by atoms with Crippen LogP contribution in [0.15, 0.2) is 58.9 Å². The van der Waals surface area contributed by atoms with Crippen molar-refractivity contribution < 1.29 is 14.6 Å². The number of carbonyl (C=O) groups is 1. The highest BCUT2D eigenvalue weighted by Gasteiger charge is 2.32. The summed E-state index contributed by atoms with van der Waals surface area (Å²) in [5.41, 5.74) is 4.69. The molecule has 3 N–H and O–H groups in total. The number of aromatic amines is 2. The number of aryl methyl sites for hydroxylation is 2. The maximum Gasteiger partial charge on any atom is 0.341 e. The van der Waals surface area contributed by atoms with Crippen molar-refractivity contribution >= 4 is 17.8 Å². The van der Waals surface area contributed by atoms with E-state index in [1.165, 1.54) is 44.2 Å². The number of hydrogen-bond donors (Lipinski definition) is 3. The predicted octanol–water partition coefficient (Wildman–Crippen LogP) is 6.72. The number of H-pyrrole nitrogens is 2. The molecule has 0 aliphatic carbocycles. The van der Waals surface area contributed by atoms with Crippen LogP contribution in [0.4, 0.5) is 0 Å². The molecule has 182 valence electrons. The number of aliphatic carboxylic acids is 1. The van der Waals surface area contributed by atoms with Crippen LogP contribution < -0.4 is 0 Å². The van der Waals surface area contributed by atoms with Crippen LogP contribution in [0.5, 0.6) is 0 Å². The second-order valence-corrected chi connectivity index (χ2v) is 8.73. The smallest absolute Gasteiger partial charge is 0.341 e. The number of ether oxygens (including phenoxy) is 1. The second kappa shape index (κ2) is 12.8. The van der Waals surface area contributed by atoms with Crippen LogP contribution in [0.25, 0.3) is 6.08 Å². The second-order valence-electron chi connectivity index (χ2n) is 8.73. The lowest BCUT2D eigenvalue weighted by molar-refractivity contribution is -0.132. The topological polar surface area (TPSA) is 90.5 Å². The quantitative estimate of drug-likeness (QED) is 0.202. The van der Waals surface area contributed by atoms with Crippen LogP contribution in [0.1, 0.15) is 81.1 Å². The third-order valence-corrected chi connectivity index (χ3v) is 5.93. The molecule has 3 rings (SSSR count). The summed E-state index contributed by atoms with van der Waals surface area (Å²) in [6.07, 6.45) is 14.8. The molecular weight excluding hydrogens is 426 g/mol. The van der Waals surface area contributed by atoms with Gasteiger partial charge in [-0.1, -0.05) is 38.2 Å². The van der Waals surface area contributed by atoms with Gasteiger partial charge in [0.05, 0.1) is 12.3 Å². The van der Waals surface area contributed by atoms with Gasteiger partial charge >= 0.3 is 5.97 Å². The van der Waals surface area contributed by atoms with Gasteiger partial charge < -0.3 is 19.8 Å². The van der Waals surface area contributed by atoms with E-state index in [1.54, 1.807) is 0 Å². The summed E-state index contributed by atoms with van der Waals surface area (Å²) in [5.74, 6) is -0.743. The van der Waals surface area contributed by atoms with Gasteiger partial charge in [-0.3, -0.25) is 0 Å². The van der Waals surface area contributed by atoms with Crippen molar-refractivity contribution in [3.05, 3.63) is 76.7 Å². The lowest BCUT2D eigenvalue weighted by Crippen LogP contribution is -2.14. The number of carboxylic acid groups (broad SMARTS) is 1. The maximum atomic E-state index is 12.1. The van der Waals surface area contributed by atoms with Crippen LogP contribution >= 0.6 is 0 Å². The van der Waals surface area contributed by atoms with Gasteiger partial charge in [-0.25, -0.2) is 9.79 Å². The van der Waals surface area contributed by atoms with Gasteiger partial charge in [0.1, 0.15) is 17.0 Å². The number of unbranched alkanes of at least 4 members (excludes halogenated alkanes) is 7. The van der Waals surface area contributed by atoms with E-state index < -0.39 is 5.97 Å². The van der Waals surface area contributed by atoms with Crippen LogP contribution in [-0.2, 0) is 16.0 Å². The number of hydrogen-bond acceptors (Lipinski definition) is 3. The third kappa shape index (κ3) is 6.86. The van der Waals surface area contributed by atoms with E-state index >= 15 is 0 Å². The van der Waals surface area contributed by atoms with Gasteiger partial charge in [-0.15, -0.1) is 6.58 Å². The molecule has 0 radical (unpaired) electrons. The standard InChI is InChI=1S/C28H37N3O3/c1-4-6-7-8-9-10-11-12-13-14-21-16-17-22(30-21)19-24-27(34-5-2)25(28(32)33)26(31-24)23-18-15-20(3)29-23/h4,15-19,29-30H,1,5-14H2,2-3H3,(H,32,33). The summed E-state index contributed by atoms with van der Waals surface area (Å²) in [4.78, 5) is 23.3. The normalized spacial score (nSPS) is 14.6. The zero-order valence-electron chi connectivity index (χ0n) is 20.5. The minimum absolute atomic E-state index is 0.0891. The van der Waals surface area contributed by atoms with E-state index in [-0.39, 0.29) is 5.57 Å². The van der Waals surface area contributed by atoms with Crippen LogP contribution in [0.3, 0.4) is 0 Å². The van der Waals surface area contributed by atoms with Crippen molar-refractivity contribution in [2.75, 3.05) is 6.61 Å². The minimum atomic E-state index is -1.05. The Hall–Kier alpha value is -3.28. The molecule has 0 saturated heterocycles. The van der Waals surface area contributed by atoms with Crippen molar-refractivity contribution in [2.24, 2.45) is 4.99 Å². The Labute approximate surface area is 202 Å². The fourth-order valence-electron chi connectivity index (χ4n) is 4.21. The van der Waals surface area contributed by atoms with Gasteiger partial charge in [-0.05, 0) is 69.9 Å². The summed E-state index contributed by atoms with van der Waals surface area (Å²) in [7, 11) is 0. The van der Waals surface area contributed by atoms with Gasteiger partial charge in [-0.2, -0.15) is 0 Å². The maximum absolute atomic E-state index is 12.1. The van der Waals surface area contributed by atoms with Gasteiger partial charge in [0.15, 0.2) is 5.76 Å². The third-order valence-electron chi connectivity index (χ3n) is 5.93. The largest absolute Gasteiger partial charge is 0.491 e. The van der Waals surface area contributed by atoms with Crippen LogP contribution in [0, 0.1) is 6.92 Å². The zero-order chi connectivity index (χ0) is 24.3. The van der Waals surface area contributed by atoms with Crippen molar-refractivity contribution in [3.8, 4) is 0 Å². The average Bonchev–Trinajstić information content (AvgIpc) is 3.52. The summed E-state index contributed by atoms with van der Waals surface area (Å²) in [5, 5.41) is 9.88. The first-order chi connectivity index (χ1) is 16.5. The van der Waals surface area contributed by atoms with Crippen molar-refractivity contribution in [1.82, 2.24) is 9.97 Å². The monoisotopic (exact) mass is 463 g/mol. The molecule has 0 amide bonds. The fourth-order valence-corrected chi connectivity index (χ4v) is 4.21. The van der Waals surface area contributed by atoms with Gasteiger partial charge in [0.25, 0.3) is 0 Å². The Morgan fingerprint density at radius 2 is 1.79 bits per heavy atom. The Bertz CT molecular complexity index is 1070. The van der Waals surface area contributed by atoms with Crippen LogP contribution in [0.2, 0.25) is 0 Å². The van der Waals surface area contributed by atoms with Crippen molar-refractivity contribution in [1.29, 1.82) is 0 Å². The number of carboxylic acids is 1. The Morgan fingerprint density at radius 3 is 2.44 bits per heavy atom. The summed E-state index contributed by atoms with van der Waals surface area (Å²) in [6, 6.07) is 7.85. The molecule has 0 atom stereocenters. The van der Waals surface area contributed by atoms with E-state index in [0.717, 1.165) is 30.7 Å². The number of rotatable bonds is 15. The molecule has 0 aromatic carbocycles. The molecule has 2 aromatic rings. The molecule has 6 heteroatoms. The van der Waals surface area contributed by atoms with Crippen molar-refractivity contribution in [3.63, 3.8) is 0 Å². The molecule has 0 unspecified atom stereocenters. The van der Waals surface area contributed by atoms with E-state index in [1.807, 2.05) is 44.2 Å². The molecule has 0 saturated carbocycles. The Kier molecular flexibility index (Phi) is 9.56. The SMILES string of the molecule is C=CCCCCCCCCCc1ccc(C=C2N=C(c3ccc(C)[nH]3)C(C(=O)O)=C2OCC)[nH]1. The lowest BCUT2D eigenvalue weighted by atomic mass is 10.1. The number of nitrogens with zero attached hydrogens (tertiary/aromatic N) is 1. The zero-order valence-corrected chi connectivity index (χ0v) is 20.5. The predicted molar refractivity (Wildman–Crippen MR) is 138 cm³/mol. The van der Waals surface area contributed by atoms with E-state index in [0.29, 0.717) is 29.5 Å². The van der Waals surface area contributed by atoms with Crippen molar-refractivity contribution in [2.45, 2.75) is 71.6 Å². The summed E-state index contributed by atoms with van der Waals surface area (Å²) < 4.78 is 5.74. The number of aliphatic imine (C=N–C) groups is 1. The molecule has 1 aliphatic heterocycles. The highest BCUT2D eigenvalue weighted by molar-refractivity contribution is 6.28. The lowest BCUT2D eigenvalue weighted by Gasteiger charge is -2.07. The van der Waals surface area contributed by atoms with E-state index in [2.05, 4.69) is 27.6 Å². The Balaban J connectivity index is 1.63. The van der Waals surface area contributed by atoms with E-state index in [9.17, 15) is 9.90 Å². The first-order valence-corrected chi connectivity index (χ1v) is 12.4. The average molecular weight is 464 g/mol. The highest BCUT2D eigenvalue weighted by Crippen LogP contribution is 2.31. The summed E-state index contributed by atoms with van der Waals surface area (Å²) in [6.45, 7) is 7.90. The van der Waals surface area contributed by atoms with E-state index in [4.69, 9.17) is 4.74 Å². The molecular formula is C28H37N3O3.